The molecule has 0 amide bonds. The molecule has 5 atom stereocenters. The lowest BCUT2D eigenvalue weighted by atomic mass is 9.88. The van der Waals surface area contributed by atoms with E-state index in [1.54, 1.807) is 6.08 Å². The number of allylic oxidation sites excluding steroid dienone is 1. The minimum absolute atomic E-state index is 0.142. The van der Waals surface area contributed by atoms with E-state index in [9.17, 15) is 15.3 Å². The fourth-order valence-electron chi connectivity index (χ4n) is 3.11. The summed E-state index contributed by atoms with van der Waals surface area (Å²) >= 11 is 0. The maximum Gasteiger partial charge on any atom is 0.164 e. The Balaban J connectivity index is 2.02. The van der Waals surface area contributed by atoms with Crippen LogP contribution in [-0.4, -0.2) is 52.6 Å². The van der Waals surface area contributed by atoms with Crippen molar-refractivity contribution < 1.29 is 24.8 Å². The van der Waals surface area contributed by atoms with Crippen molar-refractivity contribution in [3.63, 3.8) is 0 Å². The van der Waals surface area contributed by atoms with Crippen LogP contribution >= 0.6 is 0 Å². The molecule has 5 heteroatoms. The van der Waals surface area contributed by atoms with Crippen molar-refractivity contribution in [3.8, 4) is 0 Å². The Morgan fingerprint density at radius 3 is 2.45 bits per heavy atom. The molecule has 20 heavy (non-hydrogen) atoms. The van der Waals surface area contributed by atoms with Crippen molar-refractivity contribution in [2.75, 3.05) is 6.61 Å². The molecule has 1 saturated heterocycles. The summed E-state index contributed by atoms with van der Waals surface area (Å²) in [5, 5.41) is 29.4. The highest BCUT2D eigenvalue weighted by Gasteiger charge is 2.44. The van der Waals surface area contributed by atoms with Crippen molar-refractivity contribution in [2.45, 2.75) is 69.2 Å². The lowest BCUT2D eigenvalue weighted by Crippen LogP contribution is -2.56. The highest BCUT2D eigenvalue weighted by atomic mass is 16.7. The molecule has 2 aliphatic rings. The van der Waals surface area contributed by atoms with Crippen LogP contribution in [0.1, 0.15) is 38.5 Å². The van der Waals surface area contributed by atoms with Crippen LogP contribution < -0.4 is 0 Å². The van der Waals surface area contributed by atoms with Gasteiger partial charge in [-0.3, -0.25) is 0 Å². The minimum atomic E-state index is -1.09. The SMILES string of the molecule is C=CC[C@H]1[C@H](OC2CCCCC2)O[C@H](CO)[C@@H](O)[C@@H]1O. The summed E-state index contributed by atoms with van der Waals surface area (Å²) in [5.41, 5.74) is 0. The molecule has 0 bridgehead atoms. The predicted octanol–water partition coefficient (Wildman–Crippen LogP) is 0.967. The lowest BCUT2D eigenvalue weighted by molar-refractivity contribution is -0.298. The zero-order valence-electron chi connectivity index (χ0n) is 11.9. The van der Waals surface area contributed by atoms with Gasteiger partial charge in [-0.1, -0.05) is 25.3 Å². The summed E-state index contributed by atoms with van der Waals surface area (Å²) in [4.78, 5) is 0. The summed E-state index contributed by atoms with van der Waals surface area (Å²) in [6, 6.07) is 0. The predicted molar refractivity (Wildman–Crippen MR) is 74.0 cm³/mol. The van der Waals surface area contributed by atoms with E-state index in [2.05, 4.69) is 6.58 Å². The number of hydrogen-bond donors (Lipinski definition) is 3. The summed E-state index contributed by atoms with van der Waals surface area (Å²) in [7, 11) is 0. The third-order valence-electron chi connectivity index (χ3n) is 4.33. The molecule has 1 aliphatic heterocycles. The highest BCUT2D eigenvalue weighted by molar-refractivity contribution is 4.92. The highest BCUT2D eigenvalue weighted by Crippen LogP contribution is 2.32. The molecule has 0 aromatic rings. The third kappa shape index (κ3) is 3.59. The maximum atomic E-state index is 10.2. The van der Waals surface area contributed by atoms with Crippen LogP contribution in [-0.2, 0) is 9.47 Å². The molecule has 0 aromatic heterocycles. The Labute approximate surface area is 120 Å². The van der Waals surface area contributed by atoms with Gasteiger partial charge in [0.2, 0.25) is 0 Å². The number of rotatable bonds is 5. The Morgan fingerprint density at radius 2 is 1.85 bits per heavy atom. The Morgan fingerprint density at radius 1 is 1.15 bits per heavy atom. The van der Waals surface area contributed by atoms with E-state index in [0.717, 1.165) is 25.7 Å². The number of aliphatic hydroxyl groups excluding tert-OH is 3. The van der Waals surface area contributed by atoms with Crippen LogP contribution in [0.2, 0.25) is 0 Å². The molecule has 0 radical (unpaired) electrons. The summed E-state index contributed by atoms with van der Waals surface area (Å²) < 4.78 is 11.7. The van der Waals surface area contributed by atoms with E-state index in [0.29, 0.717) is 6.42 Å². The topological polar surface area (TPSA) is 79.2 Å². The van der Waals surface area contributed by atoms with Gasteiger partial charge in [0.1, 0.15) is 12.2 Å². The molecule has 0 aromatic carbocycles. The van der Waals surface area contributed by atoms with E-state index in [1.165, 1.54) is 6.42 Å². The standard InChI is InChI=1S/C15H26O5/c1-2-6-11-13(17)14(18)12(9-16)20-15(11)19-10-7-4-3-5-8-10/h2,10-18H,1,3-9H2/t11-,12-,13-,14-,15-/m1/s1. The largest absolute Gasteiger partial charge is 0.394 e. The molecule has 116 valence electrons. The van der Waals surface area contributed by atoms with Crippen molar-refractivity contribution in [1.82, 2.24) is 0 Å². The van der Waals surface area contributed by atoms with Gasteiger partial charge in [0.05, 0.1) is 18.8 Å². The van der Waals surface area contributed by atoms with Crippen molar-refractivity contribution in [2.24, 2.45) is 5.92 Å². The fraction of sp³-hybridized carbons (Fsp3) is 0.867. The van der Waals surface area contributed by atoms with E-state index in [1.807, 2.05) is 0 Å². The molecule has 0 unspecified atom stereocenters. The second kappa shape index (κ2) is 7.52. The Hall–Kier alpha value is -0.460. The lowest BCUT2D eigenvalue weighted by Gasteiger charge is -2.43. The van der Waals surface area contributed by atoms with Gasteiger partial charge in [-0.2, -0.15) is 0 Å². The van der Waals surface area contributed by atoms with E-state index >= 15 is 0 Å². The normalized spacial score (nSPS) is 39.6. The first-order valence-electron chi connectivity index (χ1n) is 7.56. The molecule has 0 spiro atoms. The molecule has 2 fully saturated rings. The minimum Gasteiger partial charge on any atom is -0.394 e. The van der Waals surface area contributed by atoms with Crippen molar-refractivity contribution >= 4 is 0 Å². The van der Waals surface area contributed by atoms with Crippen LogP contribution in [0.4, 0.5) is 0 Å². The van der Waals surface area contributed by atoms with Gasteiger partial charge >= 0.3 is 0 Å². The average molecular weight is 286 g/mol. The third-order valence-corrected chi connectivity index (χ3v) is 4.33. The van der Waals surface area contributed by atoms with Gasteiger partial charge < -0.3 is 24.8 Å². The van der Waals surface area contributed by atoms with Crippen LogP contribution in [0.5, 0.6) is 0 Å². The molecule has 3 N–H and O–H groups in total. The zero-order valence-corrected chi connectivity index (χ0v) is 11.9. The average Bonchev–Trinajstić information content (AvgIpc) is 2.47. The second-order valence-corrected chi connectivity index (χ2v) is 5.79. The first-order valence-corrected chi connectivity index (χ1v) is 7.56. The van der Waals surface area contributed by atoms with Gasteiger partial charge in [-0.25, -0.2) is 0 Å². The number of hydrogen-bond acceptors (Lipinski definition) is 5. The molecule has 1 saturated carbocycles. The van der Waals surface area contributed by atoms with Crippen LogP contribution in [0.3, 0.4) is 0 Å². The number of ether oxygens (including phenoxy) is 2. The molecule has 1 aliphatic carbocycles. The second-order valence-electron chi connectivity index (χ2n) is 5.79. The smallest absolute Gasteiger partial charge is 0.164 e. The van der Waals surface area contributed by atoms with Gasteiger partial charge in [-0.15, -0.1) is 6.58 Å². The summed E-state index contributed by atoms with van der Waals surface area (Å²) in [6.07, 6.45) is 4.46. The number of aliphatic hydroxyl groups is 3. The molecular formula is C15H26O5. The van der Waals surface area contributed by atoms with Crippen molar-refractivity contribution in [1.29, 1.82) is 0 Å². The van der Waals surface area contributed by atoms with Crippen LogP contribution in [0, 0.1) is 5.92 Å². The Kier molecular flexibility index (Phi) is 5.99. The summed E-state index contributed by atoms with van der Waals surface area (Å²) in [6.45, 7) is 3.35. The first-order chi connectivity index (χ1) is 9.67. The van der Waals surface area contributed by atoms with Gasteiger partial charge in [0.25, 0.3) is 0 Å². The van der Waals surface area contributed by atoms with Crippen LogP contribution in [0.25, 0.3) is 0 Å². The molecule has 2 rings (SSSR count). The zero-order chi connectivity index (χ0) is 14.5. The Bertz CT molecular complexity index is 303. The molecule has 5 nitrogen and oxygen atoms in total. The maximum absolute atomic E-state index is 10.2. The molecular weight excluding hydrogens is 260 g/mol. The summed E-state index contributed by atoms with van der Waals surface area (Å²) in [5.74, 6) is -0.341. The van der Waals surface area contributed by atoms with Gasteiger partial charge in [0.15, 0.2) is 6.29 Å². The monoisotopic (exact) mass is 286 g/mol. The van der Waals surface area contributed by atoms with E-state index in [4.69, 9.17) is 9.47 Å². The van der Waals surface area contributed by atoms with E-state index < -0.39 is 24.6 Å². The van der Waals surface area contributed by atoms with Crippen molar-refractivity contribution in [3.05, 3.63) is 12.7 Å². The van der Waals surface area contributed by atoms with Gasteiger partial charge in [0, 0.05) is 5.92 Å². The first kappa shape index (κ1) is 15.9. The van der Waals surface area contributed by atoms with Gasteiger partial charge in [-0.05, 0) is 19.3 Å². The fourth-order valence-corrected chi connectivity index (χ4v) is 3.11. The van der Waals surface area contributed by atoms with Crippen LogP contribution in [0.15, 0.2) is 12.7 Å². The quantitative estimate of drug-likeness (QED) is 0.656. The van der Waals surface area contributed by atoms with E-state index in [-0.39, 0.29) is 18.6 Å². The molecule has 1 heterocycles.